The van der Waals surface area contributed by atoms with Crippen molar-refractivity contribution in [1.29, 1.82) is 0 Å². The number of anilines is 1. The number of rotatable bonds is 5. The number of esters is 1. The van der Waals surface area contributed by atoms with Crippen molar-refractivity contribution in [3.8, 4) is 0 Å². The first-order valence-corrected chi connectivity index (χ1v) is 8.05. The fourth-order valence-electron chi connectivity index (χ4n) is 1.88. The molecule has 2 rings (SSSR count). The highest BCUT2D eigenvalue weighted by molar-refractivity contribution is 6.39. The van der Waals surface area contributed by atoms with Crippen molar-refractivity contribution in [1.82, 2.24) is 5.43 Å². The number of ether oxygens (including phenoxy) is 1. The number of carbonyl (C=O) groups excluding carboxylic acids is 3. The van der Waals surface area contributed by atoms with Crippen LogP contribution in [0.2, 0.25) is 5.02 Å². The highest BCUT2D eigenvalue weighted by Gasteiger charge is 2.13. The van der Waals surface area contributed by atoms with Crippen LogP contribution in [0.15, 0.2) is 53.6 Å². The Morgan fingerprint density at radius 1 is 1.08 bits per heavy atom. The predicted molar refractivity (Wildman–Crippen MR) is 98.2 cm³/mol. The number of carbonyl (C=O) groups is 3. The van der Waals surface area contributed by atoms with Crippen LogP contribution in [0, 0.1) is 0 Å². The van der Waals surface area contributed by atoms with Gasteiger partial charge >= 0.3 is 17.8 Å². The van der Waals surface area contributed by atoms with Crippen molar-refractivity contribution < 1.29 is 19.1 Å². The van der Waals surface area contributed by atoms with Crippen LogP contribution in [0.4, 0.5) is 5.69 Å². The zero-order valence-electron chi connectivity index (χ0n) is 13.9. The van der Waals surface area contributed by atoms with Crippen LogP contribution in [-0.2, 0) is 14.3 Å². The van der Waals surface area contributed by atoms with Crippen LogP contribution < -0.4 is 10.7 Å². The molecule has 2 N–H and O–H groups in total. The summed E-state index contributed by atoms with van der Waals surface area (Å²) in [5, 5.41) is 6.56. The van der Waals surface area contributed by atoms with Crippen LogP contribution in [0.1, 0.15) is 22.8 Å². The molecule has 0 bridgehead atoms. The van der Waals surface area contributed by atoms with Gasteiger partial charge in [0.15, 0.2) is 0 Å². The molecule has 0 saturated heterocycles. The highest BCUT2D eigenvalue weighted by Crippen LogP contribution is 2.12. The molecule has 0 aliphatic heterocycles. The first kappa shape index (κ1) is 19.1. The minimum atomic E-state index is -0.942. The maximum absolute atomic E-state index is 11.8. The van der Waals surface area contributed by atoms with Crippen molar-refractivity contribution in [3.63, 3.8) is 0 Å². The number of benzene rings is 2. The van der Waals surface area contributed by atoms with Gasteiger partial charge in [-0.2, -0.15) is 5.10 Å². The number of nitrogens with one attached hydrogen (secondary N) is 2. The van der Waals surface area contributed by atoms with Crippen molar-refractivity contribution in [3.05, 3.63) is 64.7 Å². The van der Waals surface area contributed by atoms with Gasteiger partial charge in [-0.15, -0.1) is 0 Å². The van der Waals surface area contributed by atoms with Gasteiger partial charge in [0, 0.05) is 16.3 Å². The zero-order chi connectivity index (χ0) is 18.9. The van der Waals surface area contributed by atoms with Gasteiger partial charge in [-0.25, -0.2) is 10.2 Å². The van der Waals surface area contributed by atoms with Crippen molar-refractivity contribution in [2.75, 3.05) is 11.9 Å². The number of halogens is 1. The maximum Gasteiger partial charge on any atom is 0.338 e. The number of amides is 2. The van der Waals surface area contributed by atoms with Gasteiger partial charge in [0.1, 0.15) is 0 Å². The molecule has 2 aromatic carbocycles. The minimum absolute atomic E-state index is 0.270. The fourth-order valence-corrected chi connectivity index (χ4v) is 2.07. The molecule has 8 heteroatoms. The van der Waals surface area contributed by atoms with E-state index < -0.39 is 17.8 Å². The molecule has 0 aromatic heterocycles. The SMILES string of the molecule is CCOC(=O)c1ccc(NC(=O)C(=O)N/N=C\c2ccccc2Cl)cc1. The minimum Gasteiger partial charge on any atom is -0.462 e. The van der Waals surface area contributed by atoms with Crippen molar-refractivity contribution in [2.24, 2.45) is 5.10 Å². The second-order valence-electron chi connectivity index (χ2n) is 4.97. The van der Waals surface area contributed by atoms with E-state index in [1.54, 1.807) is 31.2 Å². The number of hydrazone groups is 1. The Bertz CT molecular complexity index is 835. The molecule has 0 fully saturated rings. The van der Waals surface area contributed by atoms with Gasteiger partial charge < -0.3 is 10.1 Å². The number of nitrogens with zero attached hydrogens (tertiary/aromatic N) is 1. The Kier molecular flexibility index (Phi) is 6.87. The summed E-state index contributed by atoms with van der Waals surface area (Å²) in [6.07, 6.45) is 1.33. The van der Waals surface area contributed by atoms with Gasteiger partial charge in [-0.3, -0.25) is 9.59 Å². The second-order valence-corrected chi connectivity index (χ2v) is 5.38. The lowest BCUT2D eigenvalue weighted by Crippen LogP contribution is -2.32. The molecule has 0 radical (unpaired) electrons. The summed E-state index contributed by atoms with van der Waals surface area (Å²) in [7, 11) is 0. The third-order valence-electron chi connectivity index (χ3n) is 3.14. The highest BCUT2D eigenvalue weighted by atomic mass is 35.5. The van der Waals surface area contributed by atoms with Gasteiger partial charge in [0.05, 0.1) is 18.4 Å². The summed E-state index contributed by atoms with van der Waals surface area (Å²) in [4.78, 5) is 35.1. The van der Waals surface area contributed by atoms with E-state index in [4.69, 9.17) is 16.3 Å². The standard InChI is InChI=1S/C18H16ClN3O4/c1-2-26-18(25)12-7-9-14(10-8-12)21-16(23)17(24)22-20-11-13-5-3-4-6-15(13)19/h3-11H,2H2,1H3,(H,21,23)(H,22,24)/b20-11-. The molecule has 0 heterocycles. The first-order chi connectivity index (χ1) is 12.5. The second kappa shape index (κ2) is 9.33. The normalized spacial score (nSPS) is 10.4. The average Bonchev–Trinajstić information content (AvgIpc) is 2.64. The zero-order valence-corrected chi connectivity index (χ0v) is 14.6. The first-order valence-electron chi connectivity index (χ1n) is 7.67. The van der Waals surface area contributed by atoms with Crippen molar-refractivity contribution >= 4 is 41.3 Å². The molecule has 134 valence electrons. The molecule has 0 aliphatic rings. The van der Waals surface area contributed by atoms with Gasteiger partial charge in [0.2, 0.25) is 0 Å². The average molecular weight is 374 g/mol. The van der Waals surface area contributed by atoms with Crippen LogP contribution >= 0.6 is 11.6 Å². The van der Waals surface area contributed by atoms with E-state index in [0.717, 1.165) is 0 Å². The predicted octanol–water partition coefficient (Wildman–Crippen LogP) is 2.61. The molecule has 0 atom stereocenters. The van der Waals surface area contributed by atoms with Crippen molar-refractivity contribution in [2.45, 2.75) is 6.92 Å². The lowest BCUT2D eigenvalue weighted by Gasteiger charge is -2.05. The molecule has 0 aliphatic carbocycles. The van der Waals surface area contributed by atoms with Crippen LogP contribution in [0.25, 0.3) is 0 Å². The van der Waals surface area contributed by atoms with E-state index >= 15 is 0 Å². The lowest BCUT2D eigenvalue weighted by molar-refractivity contribution is -0.136. The Labute approximate surface area is 155 Å². The lowest BCUT2D eigenvalue weighted by atomic mass is 10.2. The number of hydrogen-bond donors (Lipinski definition) is 2. The van der Waals surface area contributed by atoms with E-state index in [2.05, 4.69) is 15.8 Å². The quantitative estimate of drug-likeness (QED) is 0.364. The summed E-state index contributed by atoms with van der Waals surface area (Å²) in [6.45, 7) is 1.98. The molecule has 0 spiro atoms. The Hall–Kier alpha value is -3.19. The Morgan fingerprint density at radius 2 is 1.77 bits per heavy atom. The topological polar surface area (TPSA) is 96.9 Å². The molecule has 7 nitrogen and oxygen atoms in total. The summed E-state index contributed by atoms with van der Waals surface area (Å²) in [6, 6.07) is 12.9. The largest absolute Gasteiger partial charge is 0.462 e. The molecular formula is C18H16ClN3O4. The fraction of sp³-hybridized carbons (Fsp3) is 0.111. The van der Waals surface area contributed by atoms with Gasteiger partial charge in [-0.1, -0.05) is 29.8 Å². The summed E-state index contributed by atoms with van der Waals surface area (Å²) >= 11 is 5.95. The Balaban J connectivity index is 1.89. The molecule has 0 saturated carbocycles. The van der Waals surface area contributed by atoms with E-state index in [1.165, 1.54) is 30.5 Å². The number of hydrogen-bond acceptors (Lipinski definition) is 5. The van der Waals surface area contributed by atoms with Crippen LogP contribution in [0.3, 0.4) is 0 Å². The summed E-state index contributed by atoms with van der Waals surface area (Å²) in [5.74, 6) is -2.30. The molecule has 0 unspecified atom stereocenters. The van der Waals surface area contributed by atoms with Gasteiger partial charge in [-0.05, 0) is 37.3 Å². The summed E-state index contributed by atoms with van der Waals surface area (Å²) in [5.41, 5.74) is 3.41. The molecular weight excluding hydrogens is 358 g/mol. The van der Waals surface area contributed by atoms with Crippen LogP contribution in [0.5, 0.6) is 0 Å². The van der Waals surface area contributed by atoms with E-state index in [9.17, 15) is 14.4 Å². The molecule has 26 heavy (non-hydrogen) atoms. The third kappa shape index (κ3) is 5.42. The van der Waals surface area contributed by atoms with E-state index in [0.29, 0.717) is 21.8 Å². The maximum atomic E-state index is 11.8. The van der Waals surface area contributed by atoms with E-state index in [-0.39, 0.29) is 6.61 Å². The summed E-state index contributed by atoms with van der Waals surface area (Å²) < 4.78 is 4.86. The monoisotopic (exact) mass is 373 g/mol. The molecule has 2 aromatic rings. The Morgan fingerprint density at radius 3 is 2.42 bits per heavy atom. The smallest absolute Gasteiger partial charge is 0.338 e. The van der Waals surface area contributed by atoms with E-state index in [1.807, 2.05) is 0 Å². The van der Waals surface area contributed by atoms with Gasteiger partial charge in [0.25, 0.3) is 0 Å². The van der Waals surface area contributed by atoms with Crippen LogP contribution in [-0.4, -0.2) is 30.6 Å². The third-order valence-corrected chi connectivity index (χ3v) is 3.48. The molecule has 2 amide bonds.